The molecule has 3 aromatic carbocycles. The van der Waals surface area contributed by atoms with E-state index >= 15 is 0 Å². The van der Waals surface area contributed by atoms with Gasteiger partial charge in [-0.1, -0.05) is 48.0 Å². The minimum atomic E-state index is -0.272. The standard InChI is InChI=1S/C18H12ClIN2OS/c19-14-8-4-5-11-12(14)6-3-7-13(11)17(23)22-18(24)21-16-10-2-1-9-15(16)20/h1-10H,(H2,21,22,23,24). The Bertz CT molecular complexity index is 945. The van der Waals surface area contributed by atoms with Crippen LogP contribution in [0.5, 0.6) is 0 Å². The number of thiocarbonyl (C=S) groups is 1. The fraction of sp³-hybridized carbons (Fsp3) is 0. The van der Waals surface area contributed by atoms with E-state index in [0.29, 0.717) is 10.6 Å². The molecule has 0 aliphatic heterocycles. The third-order valence-corrected chi connectivity index (χ3v) is 4.94. The molecule has 120 valence electrons. The summed E-state index contributed by atoms with van der Waals surface area (Å²) in [6.07, 6.45) is 0. The highest BCUT2D eigenvalue weighted by Crippen LogP contribution is 2.26. The molecule has 2 N–H and O–H groups in total. The molecular weight excluding hydrogens is 455 g/mol. The predicted octanol–water partition coefficient (Wildman–Crippen LogP) is 5.22. The monoisotopic (exact) mass is 466 g/mol. The molecule has 0 saturated heterocycles. The minimum absolute atomic E-state index is 0.253. The van der Waals surface area contributed by atoms with E-state index in [-0.39, 0.29) is 11.0 Å². The van der Waals surface area contributed by atoms with Crippen LogP contribution in [0.1, 0.15) is 10.4 Å². The van der Waals surface area contributed by atoms with Crippen molar-refractivity contribution in [3.05, 3.63) is 74.8 Å². The second kappa shape index (κ2) is 7.46. The first-order valence-corrected chi connectivity index (χ1v) is 8.97. The van der Waals surface area contributed by atoms with Gasteiger partial charge in [0.1, 0.15) is 0 Å². The Morgan fingerprint density at radius 2 is 1.67 bits per heavy atom. The summed E-state index contributed by atoms with van der Waals surface area (Å²) in [5, 5.41) is 8.25. The van der Waals surface area contributed by atoms with Crippen molar-refractivity contribution >= 4 is 73.9 Å². The van der Waals surface area contributed by atoms with Crippen LogP contribution in [0.15, 0.2) is 60.7 Å². The van der Waals surface area contributed by atoms with Crippen molar-refractivity contribution in [3.63, 3.8) is 0 Å². The Hall–Kier alpha value is -1.70. The molecule has 0 heterocycles. The Morgan fingerprint density at radius 1 is 0.958 bits per heavy atom. The van der Waals surface area contributed by atoms with Crippen LogP contribution in [-0.2, 0) is 0 Å². The smallest absolute Gasteiger partial charge is 0.258 e. The predicted molar refractivity (Wildman–Crippen MR) is 112 cm³/mol. The maximum absolute atomic E-state index is 12.6. The zero-order valence-corrected chi connectivity index (χ0v) is 16.1. The number of anilines is 1. The van der Waals surface area contributed by atoms with E-state index in [1.54, 1.807) is 18.2 Å². The number of halogens is 2. The van der Waals surface area contributed by atoms with Crippen molar-refractivity contribution in [2.75, 3.05) is 5.32 Å². The average molecular weight is 467 g/mol. The zero-order chi connectivity index (χ0) is 17.1. The molecule has 3 aromatic rings. The lowest BCUT2D eigenvalue weighted by molar-refractivity contribution is 0.0979. The first-order valence-electron chi connectivity index (χ1n) is 7.10. The number of hydrogen-bond donors (Lipinski definition) is 2. The van der Waals surface area contributed by atoms with Crippen LogP contribution in [0.3, 0.4) is 0 Å². The summed E-state index contributed by atoms with van der Waals surface area (Å²) >= 11 is 13.6. The highest BCUT2D eigenvalue weighted by Gasteiger charge is 2.13. The van der Waals surface area contributed by atoms with Gasteiger partial charge in [0.25, 0.3) is 5.91 Å². The van der Waals surface area contributed by atoms with Crippen LogP contribution in [0.4, 0.5) is 5.69 Å². The largest absolute Gasteiger partial charge is 0.332 e. The van der Waals surface area contributed by atoms with Gasteiger partial charge in [-0.25, -0.2) is 0 Å². The van der Waals surface area contributed by atoms with E-state index in [4.69, 9.17) is 23.8 Å². The molecule has 3 nitrogen and oxygen atoms in total. The molecule has 0 fully saturated rings. The highest BCUT2D eigenvalue weighted by atomic mass is 127. The van der Waals surface area contributed by atoms with Crippen molar-refractivity contribution in [3.8, 4) is 0 Å². The van der Waals surface area contributed by atoms with E-state index in [9.17, 15) is 4.79 Å². The summed E-state index contributed by atoms with van der Waals surface area (Å²) in [6.45, 7) is 0. The van der Waals surface area contributed by atoms with Crippen molar-refractivity contribution in [2.45, 2.75) is 0 Å². The maximum Gasteiger partial charge on any atom is 0.258 e. The molecule has 24 heavy (non-hydrogen) atoms. The maximum atomic E-state index is 12.6. The van der Waals surface area contributed by atoms with Gasteiger partial charge in [-0.3, -0.25) is 10.1 Å². The third kappa shape index (κ3) is 3.68. The van der Waals surface area contributed by atoms with E-state index in [2.05, 4.69) is 33.2 Å². The lowest BCUT2D eigenvalue weighted by Crippen LogP contribution is -2.34. The van der Waals surface area contributed by atoms with E-state index in [0.717, 1.165) is 20.0 Å². The van der Waals surface area contributed by atoms with Gasteiger partial charge in [0.2, 0.25) is 0 Å². The fourth-order valence-electron chi connectivity index (χ4n) is 2.36. The number of para-hydroxylation sites is 1. The number of carbonyl (C=O) groups excluding carboxylic acids is 1. The number of fused-ring (bicyclic) bond motifs is 1. The lowest BCUT2D eigenvalue weighted by atomic mass is 10.0. The van der Waals surface area contributed by atoms with Crippen LogP contribution in [0.2, 0.25) is 5.02 Å². The van der Waals surface area contributed by atoms with E-state index < -0.39 is 0 Å². The molecule has 3 rings (SSSR count). The van der Waals surface area contributed by atoms with Crippen molar-refractivity contribution in [1.29, 1.82) is 0 Å². The lowest BCUT2D eigenvalue weighted by Gasteiger charge is -2.12. The molecule has 6 heteroatoms. The average Bonchev–Trinajstić information content (AvgIpc) is 2.57. The summed E-state index contributed by atoms with van der Waals surface area (Å²) in [5.41, 5.74) is 1.38. The molecule has 0 unspecified atom stereocenters. The number of nitrogens with one attached hydrogen (secondary N) is 2. The van der Waals surface area contributed by atoms with Crippen LogP contribution in [0.25, 0.3) is 10.8 Å². The molecule has 0 spiro atoms. The fourth-order valence-corrected chi connectivity index (χ4v) is 3.32. The number of amides is 1. The molecule has 0 atom stereocenters. The second-order valence-electron chi connectivity index (χ2n) is 5.03. The number of benzene rings is 3. The van der Waals surface area contributed by atoms with Crippen LogP contribution >= 0.6 is 46.4 Å². The van der Waals surface area contributed by atoms with Gasteiger partial charge in [-0.05, 0) is 64.5 Å². The Morgan fingerprint density at radius 3 is 2.46 bits per heavy atom. The van der Waals surface area contributed by atoms with Gasteiger partial charge in [-0.2, -0.15) is 0 Å². The van der Waals surface area contributed by atoms with E-state index in [1.807, 2.05) is 42.5 Å². The first-order chi connectivity index (χ1) is 11.6. The minimum Gasteiger partial charge on any atom is -0.332 e. The molecule has 0 aliphatic carbocycles. The van der Waals surface area contributed by atoms with Crippen LogP contribution in [0, 0.1) is 3.57 Å². The van der Waals surface area contributed by atoms with Gasteiger partial charge in [0.05, 0.1) is 5.69 Å². The Labute approximate surface area is 163 Å². The molecule has 0 bridgehead atoms. The summed E-state index contributed by atoms with van der Waals surface area (Å²) in [4.78, 5) is 12.6. The summed E-state index contributed by atoms with van der Waals surface area (Å²) in [7, 11) is 0. The first kappa shape index (κ1) is 17.1. The van der Waals surface area contributed by atoms with Crippen molar-refractivity contribution < 1.29 is 4.79 Å². The third-order valence-electron chi connectivity index (χ3n) is 3.46. The Kier molecular flexibility index (Phi) is 5.33. The quantitative estimate of drug-likeness (QED) is 0.402. The SMILES string of the molecule is O=C(NC(=S)Nc1ccccc1I)c1cccc2c(Cl)cccc12. The Balaban J connectivity index is 1.82. The van der Waals surface area contributed by atoms with Gasteiger partial charge in [0.15, 0.2) is 5.11 Å². The number of rotatable bonds is 2. The summed E-state index contributed by atoms with van der Waals surface area (Å²) in [5.74, 6) is -0.272. The van der Waals surface area contributed by atoms with Gasteiger partial charge in [-0.15, -0.1) is 0 Å². The summed E-state index contributed by atoms with van der Waals surface area (Å²) < 4.78 is 1.02. The molecule has 0 aliphatic rings. The van der Waals surface area contributed by atoms with Crippen LogP contribution < -0.4 is 10.6 Å². The normalized spacial score (nSPS) is 10.4. The van der Waals surface area contributed by atoms with Gasteiger partial charge >= 0.3 is 0 Å². The van der Waals surface area contributed by atoms with Gasteiger partial charge in [0, 0.05) is 19.5 Å². The van der Waals surface area contributed by atoms with Crippen LogP contribution in [-0.4, -0.2) is 11.0 Å². The topological polar surface area (TPSA) is 41.1 Å². The highest BCUT2D eigenvalue weighted by molar-refractivity contribution is 14.1. The number of hydrogen-bond acceptors (Lipinski definition) is 2. The van der Waals surface area contributed by atoms with Crippen molar-refractivity contribution in [1.82, 2.24) is 5.32 Å². The molecule has 0 aromatic heterocycles. The second-order valence-corrected chi connectivity index (χ2v) is 7.01. The zero-order valence-electron chi connectivity index (χ0n) is 12.3. The molecular formula is C18H12ClIN2OS. The molecule has 0 radical (unpaired) electrons. The number of carbonyl (C=O) groups is 1. The van der Waals surface area contributed by atoms with Crippen molar-refractivity contribution in [2.24, 2.45) is 0 Å². The van der Waals surface area contributed by atoms with E-state index in [1.165, 1.54) is 0 Å². The molecule has 0 saturated carbocycles. The molecule has 1 amide bonds. The van der Waals surface area contributed by atoms with Gasteiger partial charge < -0.3 is 5.32 Å². The summed E-state index contributed by atoms with van der Waals surface area (Å²) in [6, 6.07) is 18.6.